The highest BCUT2D eigenvalue weighted by Crippen LogP contribution is 2.32. The minimum atomic E-state index is -0.921. The zero-order valence-electron chi connectivity index (χ0n) is 10.4. The van der Waals surface area contributed by atoms with Gasteiger partial charge in [-0.25, -0.2) is 8.78 Å². The monoisotopic (exact) mass is 318 g/mol. The van der Waals surface area contributed by atoms with Crippen LogP contribution in [0.3, 0.4) is 0 Å². The van der Waals surface area contributed by atoms with Crippen molar-refractivity contribution in [2.75, 3.05) is 11.9 Å². The number of benzene rings is 1. The summed E-state index contributed by atoms with van der Waals surface area (Å²) in [5, 5.41) is 3.29. The molecule has 0 spiro atoms. The summed E-state index contributed by atoms with van der Waals surface area (Å²) in [5.41, 5.74) is 0. The number of rotatable bonds is 4. The smallest absolute Gasteiger partial charge is 0.258 e. The number of halogens is 4. The van der Waals surface area contributed by atoms with E-state index < -0.39 is 11.6 Å². The maximum absolute atomic E-state index is 13.6. The van der Waals surface area contributed by atoms with Gasteiger partial charge in [-0.2, -0.15) is 4.98 Å². The molecule has 1 N–H and O–H groups in total. The number of anilines is 1. The predicted octanol–water partition coefficient (Wildman–Crippen LogP) is 4.89. The second-order valence-corrected chi connectivity index (χ2v) is 4.66. The molecule has 0 amide bonds. The summed E-state index contributed by atoms with van der Waals surface area (Å²) >= 11 is 11.7. The van der Waals surface area contributed by atoms with Crippen LogP contribution in [0.1, 0.15) is 6.92 Å². The van der Waals surface area contributed by atoms with Crippen molar-refractivity contribution in [2.45, 2.75) is 6.92 Å². The van der Waals surface area contributed by atoms with E-state index in [0.29, 0.717) is 17.6 Å². The van der Waals surface area contributed by atoms with Crippen LogP contribution in [0.5, 0.6) is 11.6 Å². The molecule has 7 heteroatoms. The molecule has 0 unspecified atom stereocenters. The van der Waals surface area contributed by atoms with Gasteiger partial charge in [-0.1, -0.05) is 23.2 Å². The first-order chi connectivity index (χ1) is 9.51. The molecule has 106 valence electrons. The van der Waals surface area contributed by atoms with Crippen molar-refractivity contribution in [1.82, 2.24) is 4.98 Å². The third kappa shape index (κ3) is 3.29. The van der Waals surface area contributed by atoms with E-state index in [1.165, 1.54) is 18.2 Å². The number of ether oxygens (including phenoxy) is 1. The van der Waals surface area contributed by atoms with Gasteiger partial charge in [0.05, 0.1) is 5.02 Å². The molecule has 2 rings (SSSR count). The fraction of sp³-hybridized carbons (Fsp3) is 0.154. The van der Waals surface area contributed by atoms with E-state index in [1.807, 2.05) is 0 Å². The zero-order chi connectivity index (χ0) is 14.7. The quantitative estimate of drug-likeness (QED) is 0.871. The second-order valence-electron chi connectivity index (χ2n) is 3.81. The summed E-state index contributed by atoms with van der Waals surface area (Å²) in [6.45, 7) is 2.21. The van der Waals surface area contributed by atoms with Crippen molar-refractivity contribution in [2.24, 2.45) is 0 Å². The van der Waals surface area contributed by atoms with Gasteiger partial charge >= 0.3 is 0 Å². The minimum absolute atomic E-state index is 0.0889. The highest BCUT2D eigenvalue weighted by molar-refractivity contribution is 6.35. The molecule has 20 heavy (non-hydrogen) atoms. The second kappa shape index (κ2) is 6.24. The third-order valence-electron chi connectivity index (χ3n) is 2.34. The number of nitrogens with zero attached hydrogens (tertiary/aromatic N) is 1. The SMILES string of the molecule is CCNc1nc(Oc2ccc(Cl)cc2Cl)c(F)cc1F. The molecule has 1 heterocycles. The molecule has 0 fully saturated rings. The van der Waals surface area contributed by atoms with Gasteiger partial charge in [-0.05, 0) is 25.1 Å². The van der Waals surface area contributed by atoms with Gasteiger partial charge in [-0.15, -0.1) is 0 Å². The van der Waals surface area contributed by atoms with Crippen LogP contribution in [0.15, 0.2) is 24.3 Å². The molecule has 0 aliphatic heterocycles. The lowest BCUT2D eigenvalue weighted by Crippen LogP contribution is -2.04. The summed E-state index contributed by atoms with van der Waals surface area (Å²) in [6, 6.07) is 5.16. The molecule has 1 aromatic heterocycles. The largest absolute Gasteiger partial charge is 0.435 e. The summed E-state index contributed by atoms with van der Waals surface area (Å²) < 4.78 is 32.3. The topological polar surface area (TPSA) is 34.2 Å². The van der Waals surface area contributed by atoms with Crippen LogP contribution in [0, 0.1) is 11.6 Å². The molecule has 1 aromatic carbocycles. The van der Waals surface area contributed by atoms with Crippen LogP contribution in [-0.4, -0.2) is 11.5 Å². The van der Waals surface area contributed by atoms with E-state index in [9.17, 15) is 8.78 Å². The van der Waals surface area contributed by atoms with Gasteiger partial charge in [0.1, 0.15) is 5.75 Å². The van der Waals surface area contributed by atoms with E-state index in [-0.39, 0.29) is 22.5 Å². The summed E-state index contributed by atoms with van der Waals surface area (Å²) in [4.78, 5) is 3.75. The van der Waals surface area contributed by atoms with Crippen LogP contribution in [0.2, 0.25) is 10.0 Å². The average molecular weight is 319 g/mol. The van der Waals surface area contributed by atoms with E-state index in [1.54, 1.807) is 6.92 Å². The lowest BCUT2D eigenvalue weighted by Gasteiger charge is -2.10. The van der Waals surface area contributed by atoms with E-state index in [4.69, 9.17) is 27.9 Å². The normalized spacial score (nSPS) is 10.4. The number of nitrogens with one attached hydrogen (secondary N) is 1. The van der Waals surface area contributed by atoms with Gasteiger partial charge in [0.2, 0.25) is 0 Å². The average Bonchev–Trinajstić information content (AvgIpc) is 2.38. The summed E-state index contributed by atoms with van der Waals surface area (Å²) in [5.74, 6) is -1.99. The Kier molecular flexibility index (Phi) is 4.62. The molecular weight excluding hydrogens is 309 g/mol. The van der Waals surface area contributed by atoms with Crippen LogP contribution in [-0.2, 0) is 0 Å². The van der Waals surface area contributed by atoms with Crippen molar-refractivity contribution in [3.8, 4) is 11.6 Å². The maximum atomic E-state index is 13.6. The van der Waals surface area contributed by atoms with Crippen LogP contribution >= 0.6 is 23.2 Å². The molecule has 0 saturated carbocycles. The van der Waals surface area contributed by atoms with Crippen LogP contribution in [0.25, 0.3) is 0 Å². The predicted molar refractivity (Wildman–Crippen MR) is 74.9 cm³/mol. The van der Waals surface area contributed by atoms with Crippen molar-refractivity contribution < 1.29 is 13.5 Å². The molecule has 3 nitrogen and oxygen atoms in total. The Morgan fingerprint density at radius 3 is 2.60 bits per heavy atom. The minimum Gasteiger partial charge on any atom is -0.435 e. The van der Waals surface area contributed by atoms with E-state index >= 15 is 0 Å². The summed E-state index contributed by atoms with van der Waals surface area (Å²) in [6.07, 6.45) is 0. The Balaban J connectivity index is 2.35. The number of hydrogen-bond donors (Lipinski definition) is 1. The summed E-state index contributed by atoms with van der Waals surface area (Å²) in [7, 11) is 0. The van der Waals surface area contributed by atoms with Gasteiger partial charge in [0.25, 0.3) is 5.88 Å². The van der Waals surface area contributed by atoms with Crippen molar-refractivity contribution in [1.29, 1.82) is 0 Å². The molecule has 0 radical (unpaired) electrons. The Hall–Kier alpha value is -1.59. The fourth-order valence-corrected chi connectivity index (χ4v) is 1.92. The van der Waals surface area contributed by atoms with Gasteiger partial charge in [-0.3, -0.25) is 0 Å². The highest BCUT2D eigenvalue weighted by Gasteiger charge is 2.14. The van der Waals surface area contributed by atoms with E-state index in [2.05, 4.69) is 10.3 Å². The first-order valence-corrected chi connectivity index (χ1v) is 6.49. The number of aromatic nitrogens is 1. The molecule has 0 atom stereocenters. The third-order valence-corrected chi connectivity index (χ3v) is 2.87. The molecular formula is C13H10Cl2F2N2O. The van der Waals surface area contributed by atoms with Crippen LogP contribution in [0.4, 0.5) is 14.6 Å². The molecule has 2 aromatic rings. The number of hydrogen-bond acceptors (Lipinski definition) is 3. The van der Waals surface area contributed by atoms with Crippen molar-refractivity contribution in [3.63, 3.8) is 0 Å². The Morgan fingerprint density at radius 2 is 1.95 bits per heavy atom. The van der Waals surface area contributed by atoms with E-state index in [0.717, 1.165) is 0 Å². The first-order valence-electron chi connectivity index (χ1n) is 5.74. The standard InChI is InChI=1S/C13H10Cl2F2N2O/c1-2-18-12-9(16)6-10(17)13(19-12)20-11-4-3-7(14)5-8(11)15/h3-6H,2H2,1H3,(H,18,19). The number of pyridine rings is 1. The highest BCUT2D eigenvalue weighted by atomic mass is 35.5. The van der Waals surface area contributed by atoms with Crippen molar-refractivity contribution in [3.05, 3.63) is 45.9 Å². The van der Waals surface area contributed by atoms with Gasteiger partial charge in [0, 0.05) is 17.6 Å². The molecule has 0 saturated heterocycles. The first kappa shape index (κ1) is 14.8. The van der Waals surface area contributed by atoms with Gasteiger partial charge < -0.3 is 10.1 Å². The molecule has 0 aliphatic rings. The Bertz CT molecular complexity index is 638. The van der Waals surface area contributed by atoms with Crippen molar-refractivity contribution >= 4 is 29.0 Å². The Morgan fingerprint density at radius 1 is 1.20 bits per heavy atom. The lowest BCUT2D eigenvalue weighted by atomic mass is 10.3. The Labute approximate surface area is 124 Å². The van der Waals surface area contributed by atoms with Crippen LogP contribution < -0.4 is 10.1 Å². The molecule has 0 bridgehead atoms. The fourth-order valence-electron chi connectivity index (χ4n) is 1.47. The zero-order valence-corrected chi connectivity index (χ0v) is 11.9. The molecule has 0 aliphatic carbocycles. The van der Waals surface area contributed by atoms with Gasteiger partial charge in [0.15, 0.2) is 17.5 Å². The lowest BCUT2D eigenvalue weighted by molar-refractivity contribution is 0.418. The maximum Gasteiger partial charge on any atom is 0.258 e.